The number of carboxylic acid groups (broad SMARTS) is 1. The number of hydrogen-bond donors (Lipinski definition) is 2. The van der Waals surface area contributed by atoms with E-state index in [4.69, 9.17) is 5.53 Å². The van der Waals surface area contributed by atoms with Crippen LogP contribution in [0.25, 0.3) is 10.4 Å². The number of nitrogens with zero attached hydrogens (tertiary/aromatic N) is 3. The molecule has 1 aromatic rings. The van der Waals surface area contributed by atoms with Gasteiger partial charge in [-0.1, -0.05) is 42.4 Å². The van der Waals surface area contributed by atoms with Gasteiger partial charge in [0.2, 0.25) is 0 Å². The van der Waals surface area contributed by atoms with Gasteiger partial charge in [0.05, 0.1) is 0 Å². The summed E-state index contributed by atoms with van der Waals surface area (Å²) in [7, 11) is 0. The third kappa shape index (κ3) is 3.71. The van der Waals surface area contributed by atoms with Gasteiger partial charge >= 0.3 is 5.97 Å². The number of carbonyl (C=O) groups is 1. The maximum absolute atomic E-state index is 11.6. The Bertz CT molecular complexity index is 457. The van der Waals surface area contributed by atoms with E-state index in [1.165, 1.54) is 0 Å². The summed E-state index contributed by atoms with van der Waals surface area (Å²) in [5.41, 5.74) is 7.83. The molecule has 0 aliphatic carbocycles. The van der Waals surface area contributed by atoms with Crippen molar-refractivity contribution < 1.29 is 9.90 Å². The summed E-state index contributed by atoms with van der Waals surface area (Å²) >= 11 is 0. The van der Waals surface area contributed by atoms with E-state index < -0.39 is 11.5 Å². The van der Waals surface area contributed by atoms with Gasteiger partial charge in [-0.05, 0) is 30.5 Å². The lowest BCUT2D eigenvalue weighted by Gasteiger charge is -2.30. The predicted molar refractivity (Wildman–Crippen MR) is 72.7 cm³/mol. The second kappa shape index (κ2) is 7.41. The normalized spacial score (nSPS) is 13.3. The molecular formula is C13H18N4O2. The van der Waals surface area contributed by atoms with E-state index in [0.29, 0.717) is 25.9 Å². The lowest BCUT2D eigenvalue weighted by Crippen LogP contribution is -2.49. The maximum Gasteiger partial charge on any atom is 0.328 e. The van der Waals surface area contributed by atoms with Crippen molar-refractivity contribution in [2.75, 3.05) is 13.1 Å². The van der Waals surface area contributed by atoms with Crippen LogP contribution >= 0.6 is 0 Å². The third-order valence-electron chi connectivity index (χ3n) is 3.09. The Kier molecular flexibility index (Phi) is 5.85. The van der Waals surface area contributed by atoms with E-state index in [9.17, 15) is 9.90 Å². The molecule has 0 aliphatic rings. The number of azide groups is 1. The molecule has 1 unspecified atom stereocenters. The second-order valence-corrected chi connectivity index (χ2v) is 4.16. The highest BCUT2D eigenvalue weighted by Crippen LogP contribution is 2.25. The van der Waals surface area contributed by atoms with Crippen LogP contribution < -0.4 is 5.32 Å². The maximum atomic E-state index is 11.6. The highest BCUT2D eigenvalue weighted by atomic mass is 16.4. The fraction of sp³-hybridized carbons (Fsp3) is 0.462. The molecule has 1 atom stereocenters. The average Bonchev–Trinajstić information content (AvgIpc) is 2.44. The van der Waals surface area contributed by atoms with Crippen LogP contribution in [0.15, 0.2) is 35.4 Å². The van der Waals surface area contributed by atoms with E-state index in [1.807, 2.05) is 25.1 Å². The second-order valence-electron chi connectivity index (χ2n) is 4.16. The first-order chi connectivity index (χ1) is 9.17. The smallest absolute Gasteiger partial charge is 0.328 e. The van der Waals surface area contributed by atoms with Crippen LogP contribution in [-0.2, 0) is 10.3 Å². The molecule has 1 rings (SSSR count). The van der Waals surface area contributed by atoms with Gasteiger partial charge in [0, 0.05) is 11.5 Å². The van der Waals surface area contributed by atoms with Crippen LogP contribution in [0, 0.1) is 0 Å². The highest BCUT2D eigenvalue weighted by Gasteiger charge is 2.37. The number of benzene rings is 1. The van der Waals surface area contributed by atoms with Crippen LogP contribution in [0.4, 0.5) is 0 Å². The molecule has 1 aromatic carbocycles. The Morgan fingerprint density at radius 1 is 1.47 bits per heavy atom. The zero-order valence-electron chi connectivity index (χ0n) is 10.9. The molecule has 0 spiro atoms. The van der Waals surface area contributed by atoms with Gasteiger partial charge in [-0.3, -0.25) is 5.32 Å². The van der Waals surface area contributed by atoms with Crippen molar-refractivity contribution in [3.63, 3.8) is 0 Å². The molecule has 0 fully saturated rings. The summed E-state index contributed by atoms with van der Waals surface area (Å²) in [5, 5.41) is 16.0. The number of nitrogens with one attached hydrogen (secondary N) is 1. The van der Waals surface area contributed by atoms with E-state index in [2.05, 4.69) is 15.3 Å². The van der Waals surface area contributed by atoms with Gasteiger partial charge in [0.15, 0.2) is 0 Å². The van der Waals surface area contributed by atoms with Crippen molar-refractivity contribution in [2.24, 2.45) is 5.11 Å². The molecule has 0 aromatic heterocycles. The van der Waals surface area contributed by atoms with Crippen molar-refractivity contribution in [1.82, 2.24) is 5.32 Å². The van der Waals surface area contributed by atoms with Crippen LogP contribution in [0.3, 0.4) is 0 Å². The summed E-state index contributed by atoms with van der Waals surface area (Å²) in [6.45, 7) is 2.67. The minimum absolute atomic E-state index is 0.359. The van der Waals surface area contributed by atoms with E-state index in [-0.39, 0.29) is 0 Å². The molecule has 0 bridgehead atoms. The van der Waals surface area contributed by atoms with E-state index in [0.717, 1.165) is 5.56 Å². The molecule has 0 amide bonds. The van der Waals surface area contributed by atoms with Crippen LogP contribution in [0.2, 0.25) is 0 Å². The molecule has 0 aliphatic heterocycles. The van der Waals surface area contributed by atoms with Crippen molar-refractivity contribution in [2.45, 2.75) is 25.3 Å². The summed E-state index contributed by atoms with van der Waals surface area (Å²) in [4.78, 5) is 14.3. The molecule has 19 heavy (non-hydrogen) atoms. The van der Waals surface area contributed by atoms with Crippen molar-refractivity contribution in [3.05, 3.63) is 46.3 Å². The zero-order chi connectivity index (χ0) is 14.1. The topological polar surface area (TPSA) is 98.1 Å². The Hall–Kier alpha value is -2.04. The minimum Gasteiger partial charge on any atom is -0.480 e. The number of carboxylic acids is 1. The van der Waals surface area contributed by atoms with Crippen molar-refractivity contribution >= 4 is 5.97 Å². The molecule has 6 nitrogen and oxygen atoms in total. The third-order valence-corrected chi connectivity index (χ3v) is 3.09. The van der Waals surface area contributed by atoms with Gasteiger partial charge < -0.3 is 5.11 Å². The summed E-state index contributed by atoms with van der Waals surface area (Å²) in [6, 6.07) is 9.11. The Morgan fingerprint density at radius 2 is 2.16 bits per heavy atom. The summed E-state index contributed by atoms with van der Waals surface area (Å²) < 4.78 is 0. The standard InChI is InChI=1S/C13H18N4O2/c1-2-13(12(18)19,11-7-4-3-5-8-11)15-9-6-10-16-17-14/h3-5,7-8,15H,2,6,9-10H2,1H3,(H,18,19). The van der Waals surface area contributed by atoms with Crippen LogP contribution in [0.1, 0.15) is 25.3 Å². The SMILES string of the molecule is CCC(NCCCN=[N+]=[N-])(C(=O)O)c1ccccc1. The first kappa shape index (κ1) is 15.0. The van der Waals surface area contributed by atoms with Crippen molar-refractivity contribution in [3.8, 4) is 0 Å². The monoisotopic (exact) mass is 262 g/mol. The van der Waals surface area contributed by atoms with E-state index >= 15 is 0 Å². The van der Waals surface area contributed by atoms with Gasteiger partial charge in [0.1, 0.15) is 5.54 Å². The van der Waals surface area contributed by atoms with Crippen LogP contribution in [-0.4, -0.2) is 24.2 Å². The fourth-order valence-electron chi connectivity index (χ4n) is 2.00. The average molecular weight is 262 g/mol. The quantitative estimate of drug-likeness (QED) is 0.326. The molecule has 0 saturated carbocycles. The van der Waals surface area contributed by atoms with Gasteiger partial charge in [-0.25, -0.2) is 4.79 Å². The molecule has 6 heteroatoms. The number of hydrogen-bond acceptors (Lipinski definition) is 3. The first-order valence-electron chi connectivity index (χ1n) is 6.22. The fourth-order valence-corrected chi connectivity index (χ4v) is 2.00. The minimum atomic E-state index is -1.09. The van der Waals surface area contributed by atoms with Gasteiger partial charge in [-0.15, -0.1) is 0 Å². The summed E-state index contributed by atoms with van der Waals surface area (Å²) in [6.07, 6.45) is 1.04. The van der Waals surface area contributed by atoms with Gasteiger partial charge in [0.25, 0.3) is 0 Å². The molecular weight excluding hydrogens is 244 g/mol. The lowest BCUT2D eigenvalue weighted by molar-refractivity contribution is -0.145. The zero-order valence-corrected chi connectivity index (χ0v) is 10.9. The van der Waals surface area contributed by atoms with Gasteiger partial charge in [-0.2, -0.15) is 0 Å². The lowest BCUT2D eigenvalue weighted by atomic mass is 9.87. The Morgan fingerprint density at radius 3 is 2.68 bits per heavy atom. The molecule has 0 saturated heterocycles. The Balaban J connectivity index is 2.82. The molecule has 102 valence electrons. The molecule has 0 radical (unpaired) electrons. The van der Waals surface area contributed by atoms with Crippen LogP contribution in [0.5, 0.6) is 0 Å². The number of aliphatic carboxylic acids is 1. The first-order valence-corrected chi connectivity index (χ1v) is 6.22. The van der Waals surface area contributed by atoms with E-state index in [1.54, 1.807) is 12.1 Å². The molecule has 0 heterocycles. The summed E-state index contributed by atoms with van der Waals surface area (Å²) in [5.74, 6) is -0.898. The number of rotatable bonds is 8. The predicted octanol–water partition coefficient (Wildman–Crippen LogP) is 2.67. The molecule has 2 N–H and O–H groups in total. The Labute approximate surface area is 112 Å². The van der Waals surface area contributed by atoms with Crippen molar-refractivity contribution in [1.29, 1.82) is 0 Å². The largest absolute Gasteiger partial charge is 0.480 e. The highest BCUT2D eigenvalue weighted by molar-refractivity contribution is 5.80.